The Morgan fingerprint density at radius 3 is 2.60 bits per heavy atom. The van der Waals surface area contributed by atoms with Gasteiger partial charge < -0.3 is 15.8 Å². The highest BCUT2D eigenvalue weighted by Gasteiger charge is 2.28. The first-order valence-electron chi connectivity index (χ1n) is 8.46. The molecule has 144 valence electrons. The molecule has 1 aromatic carbocycles. The van der Waals surface area contributed by atoms with Crippen LogP contribution < -0.4 is 11.1 Å². The van der Waals surface area contributed by atoms with Crippen LogP contribution in [0, 0.1) is 5.92 Å². The number of morpholine rings is 1. The van der Waals surface area contributed by atoms with Crippen LogP contribution in [0.25, 0.3) is 0 Å². The highest BCUT2D eigenvalue weighted by atomic mass is 35.5. The normalized spacial score (nSPS) is 18.8. The van der Waals surface area contributed by atoms with Gasteiger partial charge in [-0.1, -0.05) is 44.2 Å². The standard InChI is InChI=1S/C18H29N3O2.2ClH/c1-14(2)10-16(11-19)20-18(22)17-13-21(8-9-23-17)12-15-6-4-3-5-7-15;;/h3-7,14,16-17H,8-13,19H2,1-2H3,(H,20,22);2*1H. The Balaban J connectivity index is 0.00000288. The van der Waals surface area contributed by atoms with Crippen LogP contribution in [0.3, 0.4) is 0 Å². The average molecular weight is 392 g/mol. The van der Waals surface area contributed by atoms with Gasteiger partial charge in [0.15, 0.2) is 0 Å². The average Bonchev–Trinajstić information content (AvgIpc) is 2.55. The molecule has 25 heavy (non-hydrogen) atoms. The first-order chi connectivity index (χ1) is 11.1. The van der Waals surface area contributed by atoms with E-state index >= 15 is 0 Å². The van der Waals surface area contributed by atoms with Gasteiger partial charge in [-0.05, 0) is 17.9 Å². The Morgan fingerprint density at radius 2 is 2.00 bits per heavy atom. The van der Waals surface area contributed by atoms with Crippen molar-refractivity contribution in [3.05, 3.63) is 35.9 Å². The molecule has 0 aliphatic carbocycles. The number of hydrogen-bond donors (Lipinski definition) is 2. The van der Waals surface area contributed by atoms with Crippen LogP contribution >= 0.6 is 24.8 Å². The van der Waals surface area contributed by atoms with E-state index in [1.54, 1.807) is 0 Å². The summed E-state index contributed by atoms with van der Waals surface area (Å²) >= 11 is 0. The molecule has 0 radical (unpaired) electrons. The number of nitrogens with one attached hydrogen (secondary N) is 1. The Labute approximate surface area is 163 Å². The van der Waals surface area contributed by atoms with Crippen LogP contribution in [0.1, 0.15) is 25.8 Å². The van der Waals surface area contributed by atoms with Gasteiger partial charge in [0.1, 0.15) is 6.10 Å². The summed E-state index contributed by atoms with van der Waals surface area (Å²) in [5.74, 6) is 0.463. The van der Waals surface area contributed by atoms with Gasteiger partial charge >= 0.3 is 0 Å². The van der Waals surface area contributed by atoms with Crippen molar-refractivity contribution < 1.29 is 9.53 Å². The molecule has 0 aromatic heterocycles. The molecule has 1 heterocycles. The summed E-state index contributed by atoms with van der Waals surface area (Å²) in [6.07, 6.45) is 0.483. The zero-order chi connectivity index (χ0) is 16.7. The molecule has 1 saturated heterocycles. The number of hydrogen-bond acceptors (Lipinski definition) is 4. The molecule has 0 bridgehead atoms. The first-order valence-corrected chi connectivity index (χ1v) is 8.46. The van der Waals surface area contributed by atoms with Crippen molar-refractivity contribution >= 4 is 30.7 Å². The predicted molar refractivity (Wildman–Crippen MR) is 106 cm³/mol. The molecule has 2 unspecified atom stereocenters. The third-order valence-electron chi connectivity index (χ3n) is 4.08. The van der Waals surface area contributed by atoms with E-state index in [0.717, 1.165) is 19.5 Å². The van der Waals surface area contributed by atoms with Crippen molar-refractivity contribution in [3.63, 3.8) is 0 Å². The molecule has 1 fully saturated rings. The zero-order valence-electron chi connectivity index (χ0n) is 15.0. The Kier molecular flexibility index (Phi) is 12.1. The second-order valence-electron chi connectivity index (χ2n) is 6.65. The number of carbonyl (C=O) groups excluding carboxylic acids is 1. The van der Waals surface area contributed by atoms with Crippen molar-refractivity contribution in [2.75, 3.05) is 26.2 Å². The fourth-order valence-electron chi connectivity index (χ4n) is 2.92. The summed E-state index contributed by atoms with van der Waals surface area (Å²) in [7, 11) is 0. The predicted octanol–water partition coefficient (Wildman–Crippen LogP) is 2.22. The van der Waals surface area contributed by atoms with E-state index in [0.29, 0.717) is 25.6 Å². The van der Waals surface area contributed by atoms with E-state index in [-0.39, 0.29) is 36.8 Å². The highest BCUT2D eigenvalue weighted by Crippen LogP contribution is 2.11. The summed E-state index contributed by atoms with van der Waals surface area (Å²) < 4.78 is 5.66. The van der Waals surface area contributed by atoms with Gasteiger partial charge in [0.25, 0.3) is 5.91 Å². The molecular formula is C18H31Cl2N3O2. The summed E-state index contributed by atoms with van der Waals surface area (Å²) in [4.78, 5) is 14.7. The highest BCUT2D eigenvalue weighted by molar-refractivity contribution is 5.85. The van der Waals surface area contributed by atoms with E-state index < -0.39 is 6.10 Å². The first kappa shape index (κ1) is 24.1. The van der Waals surface area contributed by atoms with E-state index in [2.05, 4.69) is 36.2 Å². The van der Waals surface area contributed by atoms with Crippen LogP contribution in [-0.2, 0) is 16.1 Å². The van der Waals surface area contributed by atoms with Crippen LogP contribution in [0.2, 0.25) is 0 Å². The lowest BCUT2D eigenvalue weighted by atomic mass is 10.0. The molecule has 1 aliphatic rings. The molecule has 3 N–H and O–H groups in total. The molecule has 2 atom stereocenters. The number of ether oxygens (including phenoxy) is 1. The smallest absolute Gasteiger partial charge is 0.250 e. The molecule has 0 spiro atoms. The Bertz CT molecular complexity index is 488. The zero-order valence-corrected chi connectivity index (χ0v) is 16.7. The molecule has 5 nitrogen and oxygen atoms in total. The van der Waals surface area contributed by atoms with Gasteiger partial charge in [-0.2, -0.15) is 0 Å². The van der Waals surface area contributed by atoms with Crippen molar-refractivity contribution in [3.8, 4) is 0 Å². The molecule has 0 saturated carbocycles. The molecule has 1 amide bonds. The second kappa shape index (κ2) is 12.5. The number of rotatable bonds is 7. The number of amides is 1. The van der Waals surface area contributed by atoms with Crippen LogP contribution in [0.15, 0.2) is 30.3 Å². The SMILES string of the molecule is CC(C)CC(CN)NC(=O)C1CN(Cc2ccccc2)CCO1.Cl.Cl. The topological polar surface area (TPSA) is 67.6 Å². The van der Waals surface area contributed by atoms with E-state index in [4.69, 9.17) is 10.5 Å². The largest absolute Gasteiger partial charge is 0.366 e. The third-order valence-corrected chi connectivity index (χ3v) is 4.08. The summed E-state index contributed by atoms with van der Waals surface area (Å²) in [6, 6.07) is 10.3. The van der Waals surface area contributed by atoms with Crippen LogP contribution in [0.5, 0.6) is 0 Å². The van der Waals surface area contributed by atoms with Gasteiger partial charge in [-0.3, -0.25) is 9.69 Å². The minimum atomic E-state index is -0.409. The lowest BCUT2D eigenvalue weighted by molar-refractivity contribution is -0.139. The Hall–Kier alpha value is -0.850. The second-order valence-corrected chi connectivity index (χ2v) is 6.65. The maximum absolute atomic E-state index is 12.4. The fourth-order valence-corrected chi connectivity index (χ4v) is 2.92. The van der Waals surface area contributed by atoms with Gasteiger partial charge in [0, 0.05) is 32.2 Å². The van der Waals surface area contributed by atoms with Gasteiger partial charge in [-0.15, -0.1) is 24.8 Å². The van der Waals surface area contributed by atoms with E-state index in [9.17, 15) is 4.79 Å². The van der Waals surface area contributed by atoms with Crippen molar-refractivity contribution in [1.82, 2.24) is 10.2 Å². The summed E-state index contributed by atoms with van der Waals surface area (Å²) in [6.45, 7) is 7.64. The minimum Gasteiger partial charge on any atom is -0.366 e. The molecular weight excluding hydrogens is 361 g/mol. The molecule has 1 aromatic rings. The quantitative estimate of drug-likeness (QED) is 0.747. The molecule has 7 heteroatoms. The van der Waals surface area contributed by atoms with Crippen molar-refractivity contribution in [1.29, 1.82) is 0 Å². The van der Waals surface area contributed by atoms with Gasteiger partial charge in [0.2, 0.25) is 0 Å². The van der Waals surface area contributed by atoms with Crippen LogP contribution in [-0.4, -0.2) is 49.2 Å². The van der Waals surface area contributed by atoms with Crippen molar-refractivity contribution in [2.24, 2.45) is 11.7 Å². The number of benzene rings is 1. The maximum Gasteiger partial charge on any atom is 0.250 e. The van der Waals surface area contributed by atoms with Crippen molar-refractivity contribution in [2.45, 2.75) is 39.0 Å². The third kappa shape index (κ3) is 8.38. The lowest BCUT2D eigenvalue weighted by Crippen LogP contribution is -2.52. The number of nitrogens with two attached hydrogens (primary N) is 1. The molecule has 1 aliphatic heterocycles. The maximum atomic E-state index is 12.4. The Morgan fingerprint density at radius 1 is 1.32 bits per heavy atom. The van der Waals surface area contributed by atoms with Gasteiger partial charge in [-0.25, -0.2) is 0 Å². The monoisotopic (exact) mass is 391 g/mol. The molecule has 2 rings (SSSR count). The number of nitrogens with zero attached hydrogens (tertiary/aromatic N) is 1. The number of halogens is 2. The summed E-state index contributed by atoms with van der Waals surface area (Å²) in [5, 5.41) is 3.04. The van der Waals surface area contributed by atoms with E-state index in [1.807, 2.05) is 18.2 Å². The summed E-state index contributed by atoms with van der Waals surface area (Å²) in [5.41, 5.74) is 7.02. The van der Waals surface area contributed by atoms with Crippen LogP contribution in [0.4, 0.5) is 0 Å². The lowest BCUT2D eigenvalue weighted by Gasteiger charge is -2.33. The fraction of sp³-hybridized carbons (Fsp3) is 0.611. The van der Waals surface area contributed by atoms with E-state index in [1.165, 1.54) is 5.56 Å². The van der Waals surface area contributed by atoms with Gasteiger partial charge in [0.05, 0.1) is 6.61 Å². The number of carbonyl (C=O) groups is 1. The minimum absolute atomic E-state index is 0.